The second-order valence-corrected chi connectivity index (χ2v) is 5.43. The maximum atomic E-state index is 11.0. The highest BCUT2D eigenvalue weighted by atomic mass is 32.1. The molecule has 1 N–H and O–H groups in total. The van der Waals surface area contributed by atoms with Crippen LogP contribution in [0.2, 0.25) is 0 Å². The van der Waals surface area contributed by atoms with Gasteiger partial charge in [-0.05, 0) is 19.1 Å². The standard InChI is InChI=1S/C13H12N4OS/c1-8-3-4-11(19-8)10-5-12(14-2)17-13(16-10)9(7-18)6-15-17/h3-7,14H,1-2H3. The van der Waals surface area contributed by atoms with Gasteiger partial charge in [-0.2, -0.15) is 9.61 Å². The minimum Gasteiger partial charge on any atom is -0.373 e. The van der Waals surface area contributed by atoms with Gasteiger partial charge in [-0.25, -0.2) is 4.98 Å². The summed E-state index contributed by atoms with van der Waals surface area (Å²) in [6.07, 6.45) is 2.30. The number of thiophene rings is 1. The fraction of sp³-hybridized carbons (Fsp3) is 0.154. The molecule has 0 spiro atoms. The number of carbonyl (C=O) groups excluding carboxylic acids is 1. The van der Waals surface area contributed by atoms with E-state index < -0.39 is 0 Å². The Labute approximate surface area is 113 Å². The molecule has 96 valence electrons. The van der Waals surface area contributed by atoms with Crippen molar-refractivity contribution in [2.24, 2.45) is 0 Å². The summed E-state index contributed by atoms with van der Waals surface area (Å²) in [6, 6.07) is 6.02. The Bertz CT molecular complexity index is 759. The first-order valence-corrected chi connectivity index (χ1v) is 6.63. The van der Waals surface area contributed by atoms with Crippen LogP contribution in [0.5, 0.6) is 0 Å². The van der Waals surface area contributed by atoms with Crippen molar-refractivity contribution in [3.8, 4) is 10.6 Å². The van der Waals surface area contributed by atoms with Gasteiger partial charge in [0, 0.05) is 18.0 Å². The number of hydrogen-bond acceptors (Lipinski definition) is 5. The highest BCUT2D eigenvalue weighted by molar-refractivity contribution is 7.15. The molecule has 0 saturated heterocycles. The zero-order valence-corrected chi connectivity index (χ0v) is 11.4. The molecule has 3 rings (SSSR count). The summed E-state index contributed by atoms with van der Waals surface area (Å²) in [7, 11) is 1.82. The van der Waals surface area contributed by atoms with Crippen molar-refractivity contribution in [3.05, 3.63) is 34.8 Å². The summed E-state index contributed by atoms with van der Waals surface area (Å²) >= 11 is 1.68. The molecule has 3 aromatic heterocycles. The van der Waals surface area contributed by atoms with Crippen LogP contribution in [0.15, 0.2) is 24.4 Å². The van der Waals surface area contributed by atoms with Crippen LogP contribution in [0.1, 0.15) is 15.2 Å². The number of nitrogens with zero attached hydrogens (tertiary/aromatic N) is 3. The average Bonchev–Trinajstić information content (AvgIpc) is 3.03. The maximum Gasteiger partial charge on any atom is 0.168 e. The molecule has 3 aromatic rings. The van der Waals surface area contributed by atoms with Crippen molar-refractivity contribution in [2.45, 2.75) is 6.92 Å². The van der Waals surface area contributed by atoms with E-state index in [0.717, 1.165) is 22.7 Å². The van der Waals surface area contributed by atoms with Crippen LogP contribution in [0.4, 0.5) is 5.82 Å². The lowest BCUT2D eigenvalue weighted by Crippen LogP contribution is -2.02. The van der Waals surface area contributed by atoms with Crippen molar-refractivity contribution < 1.29 is 4.79 Å². The molecule has 0 aliphatic heterocycles. The van der Waals surface area contributed by atoms with Crippen LogP contribution in [0, 0.1) is 6.92 Å². The Morgan fingerprint density at radius 3 is 2.89 bits per heavy atom. The number of fused-ring (bicyclic) bond motifs is 1. The van der Waals surface area contributed by atoms with Gasteiger partial charge in [0.2, 0.25) is 0 Å². The summed E-state index contributed by atoms with van der Waals surface area (Å²) in [5, 5.41) is 7.24. The Morgan fingerprint density at radius 1 is 1.42 bits per heavy atom. The van der Waals surface area contributed by atoms with Gasteiger partial charge >= 0.3 is 0 Å². The molecule has 0 aliphatic carbocycles. The molecule has 5 nitrogen and oxygen atoms in total. The van der Waals surface area contributed by atoms with E-state index in [1.165, 1.54) is 11.1 Å². The number of hydrogen-bond donors (Lipinski definition) is 1. The summed E-state index contributed by atoms with van der Waals surface area (Å²) in [5.41, 5.74) is 1.91. The molecular weight excluding hydrogens is 260 g/mol. The molecule has 0 saturated carbocycles. The number of nitrogens with one attached hydrogen (secondary N) is 1. The summed E-state index contributed by atoms with van der Waals surface area (Å²) < 4.78 is 1.63. The number of aromatic nitrogens is 3. The third-order valence-corrected chi connectivity index (χ3v) is 3.90. The van der Waals surface area contributed by atoms with Crippen LogP contribution in [0.25, 0.3) is 16.2 Å². The van der Waals surface area contributed by atoms with Gasteiger partial charge in [0.25, 0.3) is 0 Å². The second kappa shape index (κ2) is 4.47. The van der Waals surface area contributed by atoms with Gasteiger partial charge in [-0.3, -0.25) is 4.79 Å². The smallest absolute Gasteiger partial charge is 0.168 e. The number of anilines is 1. The normalized spacial score (nSPS) is 10.8. The lowest BCUT2D eigenvalue weighted by atomic mass is 10.3. The highest BCUT2D eigenvalue weighted by Crippen LogP contribution is 2.28. The van der Waals surface area contributed by atoms with E-state index in [1.807, 2.05) is 19.2 Å². The van der Waals surface area contributed by atoms with Gasteiger partial charge in [0.15, 0.2) is 11.9 Å². The largest absolute Gasteiger partial charge is 0.373 e. The predicted molar refractivity (Wildman–Crippen MR) is 76.0 cm³/mol. The number of rotatable bonds is 3. The fourth-order valence-electron chi connectivity index (χ4n) is 1.94. The van der Waals surface area contributed by atoms with Crippen molar-refractivity contribution >= 4 is 29.1 Å². The molecule has 0 aliphatic rings. The monoisotopic (exact) mass is 272 g/mol. The predicted octanol–water partition coefficient (Wildman–Crippen LogP) is 2.62. The molecule has 0 unspecified atom stereocenters. The van der Waals surface area contributed by atoms with Gasteiger partial charge in [-0.1, -0.05) is 0 Å². The van der Waals surface area contributed by atoms with E-state index in [9.17, 15) is 4.79 Å². The third-order valence-electron chi connectivity index (χ3n) is 2.88. The van der Waals surface area contributed by atoms with E-state index in [1.54, 1.807) is 15.9 Å². The lowest BCUT2D eigenvalue weighted by molar-refractivity contribution is 0.112. The number of aryl methyl sites for hydroxylation is 1. The van der Waals surface area contributed by atoms with Gasteiger partial charge in [0.05, 0.1) is 22.3 Å². The van der Waals surface area contributed by atoms with E-state index in [0.29, 0.717) is 11.2 Å². The van der Waals surface area contributed by atoms with Crippen LogP contribution in [0.3, 0.4) is 0 Å². The van der Waals surface area contributed by atoms with E-state index >= 15 is 0 Å². The first kappa shape index (κ1) is 11.9. The molecule has 19 heavy (non-hydrogen) atoms. The average molecular weight is 272 g/mol. The Hall–Kier alpha value is -2.21. The summed E-state index contributed by atoms with van der Waals surface area (Å²) in [4.78, 5) is 17.9. The van der Waals surface area contributed by atoms with Crippen LogP contribution >= 0.6 is 11.3 Å². The molecule has 0 fully saturated rings. The maximum absolute atomic E-state index is 11.0. The fourth-order valence-corrected chi connectivity index (χ4v) is 2.77. The van der Waals surface area contributed by atoms with Crippen LogP contribution in [-0.2, 0) is 0 Å². The van der Waals surface area contributed by atoms with Crippen molar-refractivity contribution in [3.63, 3.8) is 0 Å². The Morgan fingerprint density at radius 2 is 2.26 bits per heavy atom. The summed E-state index contributed by atoms with van der Waals surface area (Å²) in [5.74, 6) is 0.805. The molecule has 0 aromatic carbocycles. The van der Waals surface area contributed by atoms with E-state index in [-0.39, 0.29) is 0 Å². The molecule has 0 bridgehead atoms. The van der Waals surface area contributed by atoms with E-state index in [4.69, 9.17) is 0 Å². The minimum absolute atomic E-state index is 0.492. The second-order valence-electron chi connectivity index (χ2n) is 4.14. The molecule has 6 heteroatoms. The Balaban J connectivity index is 2.28. The summed E-state index contributed by atoms with van der Waals surface area (Å²) in [6.45, 7) is 2.06. The highest BCUT2D eigenvalue weighted by Gasteiger charge is 2.12. The van der Waals surface area contributed by atoms with Crippen LogP contribution < -0.4 is 5.32 Å². The van der Waals surface area contributed by atoms with Crippen LogP contribution in [-0.4, -0.2) is 27.9 Å². The minimum atomic E-state index is 0.492. The van der Waals surface area contributed by atoms with Crippen molar-refractivity contribution in [2.75, 3.05) is 12.4 Å². The lowest BCUT2D eigenvalue weighted by Gasteiger charge is -2.06. The third kappa shape index (κ3) is 1.90. The van der Waals surface area contributed by atoms with Crippen molar-refractivity contribution in [1.82, 2.24) is 14.6 Å². The van der Waals surface area contributed by atoms with Crippen molar-refractivity contribution in [1.29, 1.82) is 0 Å². The first-order valence-electron chi connectivity index (χ1n) is 5.81. The first-order chi connectivity index (χ1) is 9.22. The topological polar surface area (TPSA) is 59.3 Å². The quantitative estimate of drug-likeness (QED) is 0.745. The van der Waals surface area contributed by atoms with Gasteiger partial charge in [0.1, 0.15) is 5.82 Å². The zero-order chi connectivity index (χ0) is 13.4. The number of aldehydes is 1. The molecule has 3 heterocycles. The molecule has 0 atom stereocenters. The molecule has 0 radical (unpaired) electrons. The SMILES string of the molecule is CNc1cc(-c2ccc(C)s2)nc2c(C=O)cnn12. The van der Waals surface area contributed by atoms with Gasteiger partial charge < -0.3 is 5.32 Å². The Kier molecular flexibility index (Phi) is 2.79. The van der Waals surface area contributed by atoms with E-state index in [2.05, 4.69) is 28.4 Å². The molecule has 0 amide bonds. The molecular formula is C13H12N4OS. The zero-order valence-electron chi connectivity index (χ0n) is 10.5. The number of carbonyl (C=O) groups is 1. The van der Waals surface area contributed by atoms with Gasteiger partial charge in [-0.15, -0.1) is 11.3 Å².